The second-order valence-electron chi connectivity index (χ2n) is 4.54. The fraction of sp³-hybridized carbons (Fsp3) is 0.467. The van der Waals surface area contributed by atoms with Gasteiger partial charge in [-0.3, -0.25) is 9.59 Å². The van der Waals surface area contributed by atoms with Crippen LogP contribution < -0.4 is 11.1 Å². The second kappa shape index (κ2) is 8.32. The zero-order valence-electron chi connectivity index (χ0n) is 12.2. The van der Waals surface area contributed by atoms with E-state index in [1.165, 1.54) is 0 Å². The molecule has 0 radical (unpaired) electrons. The van der Waals surface area contributed by atoms with Crippen LogP contribution in [0.4, 0.5) is 0 Å². The number of nitrogens with two attached hydrogens (primary N) is 1. The number of benzene rings is 1. The molecule has 0 spiro atoms. The molecule has 2 amide bonds. The van der Waals surface area contributed by atoms with Crippen molar-refractivity contribution in [1.29, 1.82) is 0 Å². The van der Waals surface area contributed by atoms with E-state index < -0.39 is 0 Å². The maximum atomic E-state index is 11.8. The van der Waals surface area contributed by atoms with E-state index in [4.69, 9.17) is 5.73 Å². The summed E-state index contributed by atoms with van der Waals surface area (Å²) in [6, 6.07) is 7.58. The Morgan fingerprint density at radius 1 is 1.10 bits per heavy atom. The minimum Gasteiger partial charge on any atom is -0.347 e. The van der Waals surface area contributed by atoms with E-state index in [1.807, 2.05) is 38.1 Å². The highest BCUT2D eigenvalue weighted by Crippen LogP contribution is 2.04. The van der Waals surface area contributed by atoms with Crippen molar-refractivity contribution in [2.75, 3.05) is 19.6 Å². The Labute approximate surface area is 120 Å². The number of carbonyl (C=O) groups is 2. The Kier molecular flexibility index (Phi) is 6.73. The first-order chi connectivity index (χ1) is 9.60. The highest BCUT2D eigenvalue weighted by molar-refractivity contribution is 5.85. The summed E-state index contributed by atoms with van der Waals surface area (Å²) in [4.78, 5) is 25.2. The van der Waals surface area contributed by atoms with E-state index in [9.17, 15) is 9.59 Å². The second-order valence-corrected chi connectivity index (χ2v) is 4.54. The van der Waals surface area contributed by atoms with Gasteiger partial charge in [-0.25, -0.2) is 0 Å². The molecule has 0 aromatic heterocycles. The first-order valence-electron chi connectivity index (χ1n) is 6.93. The molecule has 0 bridgehead atoms. The molecule has 0 saturated heterocycles. The minimum atomic E-state index is -0.147. The van der Waals surface area contributed by atoms with Gasteiger partial charge in [0.15, 0.2) is 0 Å². The SMILES string of the molecule is CCN(CC)C(=O)CNC(=O)Cc1ccc(CN)cc1. The van der Waals surface area contributed by atoms with Crippen LogP contribution >= 0.6 is 0 Å². The lowest BCUT2D eigenvalue weighted by Crippen LogP contribution is -2.40. The Morgan fingerprint density at radius 2 is 1.65 bits per heavy atom. The third kappa shape index (κ3) is 5.01. The van der Waals surface area contributed by atoms with Gasteiger partial charge in [0.2, 0.25) is 11.8 Å². The Morgan fingerprint density at radius 3 is 2.15 bits per heavy atom. The summed E-state index contributed by atoms with van der Waals surface area (Å²) in [5.41, 5.74) is 7.46. The zero-order valence-corrected chi connectivity index (χ0v) is 12.2. The van der Waals surface area contributed by atoms with Gasteiger partial charge in [-0.1, -0.05) is 24.3 Å². The monoisotopic (exact) mass is 277 g/mol. The van der Waals surface area contributed by atoms with E-state index >= 15 is 0 Å². The third-order valence-corrected chi connectivity index (χ3v) is 3.18. The molecule has 0 aliphatic carbocycles. The molecule has 1 rings (SSSR count). The van der Waals surface area contributed by atoms with Crippen LogP contribution in [0.5, 0.6) is 0 Å². The smallest absolute Gasteiger partial charge is 0.241 e. The molecular formula is C15H23N3O2. The molecule has 0 saturated carbocycles. The third-order valence-electron chi connectivity index (χ3n) is 3.18. The van der Waals surface area contributed by atoms with Crippen LogP contribution in [-0.2, 0) is 22.6 Å². The summed E-state index contributed by atoms with van der Waals surface area (Å²) in [5, 5.41) is 2.65. The Bertz CT molecular complexity index is 439. The topological polar surface area (TPSA) is 75.4 Å². The summed E-state index contributed by atoms with van der Waals surface area (Å²) in [6.45, 7) is 5.70. The van der Waals surface area contributed by atoms with Crippen LogP contribution in [0, 0.1) is 0 Å². The van der Waals surface area contributed by atoms with Crippen molar-refractivity contribution >= 4 is 11.8 Å². The molecule has 0 unspecified atom stereocenters. The Hall–Kier alpha value is -1.88. The molecule has 0 aliphatic heterocycles. The standard InChI is InChI=1S/C15H23N3O2/c1-3-18(4-2)15(20)11-17-14(19)9-12-5-7-13(10-16)8-6-12/h5-8H,3-4,9-11,16H2,1-2H3,(H,17,19). The number of nitrogens with one attached hydrogen (secondary N) is 1. The molecule has 0 aliphatic rings. The molecule has 110 valence electrons. The molecule has 0 atom stereocenters. The zero-order chi connectivity index (χ0) is 15.0. The highest BCUT2D eigenvalue weighted by Gasteiger charge is 2.11. The van der Waals surface area contributed by atoms with Crippen LogP contribution in [0.15, 0.2) is 24.3 Å². The van der Waals surface area contributed by atoms with Crippen molar-refractivity contribution in [3.63, 3.8) is 0 Å². The fourth-order valence-electron chi connectivity index (χ4n) is 1.90. The van der Waals surface area contributed by atoms with Crippen molar-refractivity contribution in [3.8, 4) is 0 Å². The maximum Gasteiger partial charge on any atom is 0.241 e. The van der Waals surface area contributed by atoms with Gasteiger partial charge in [0, 0.05) is 19.6 Å². The Balaban J connectivity index is 2.41. The number of hydrogen-bond donors (Lipinski definition) is 2. The van der Waals surface area contributed by atoms with Crippen molar-refractivity contribution in [1.82, 2.24) is 10.2 Å². The van der Waals surface area contributed by atoms with Gasteiger partial charge in [-0.15, -0.1) is 0 Å². The lowest BCUT2D eigenvalue weighted by Gasteiger charge is -2.18. The van der Waals surface area contributed by atoms with Crippen LogP contribution in [0.2, 0.25) is 0 Å². The minimum absolute atomic E-state index is 0.0539. The summed E-state index contributed by atoms with van der Waals surface area (Å²) in [5.74, 6) is -0.201. The van der Waals surface area contributed by atoms with Gasteiger partial charge in [-0.2, -0.15) is 0 Å². The number of amides is 2. The van der Waals surface area contributed by atoms with Crippen LogP contribution in [-0.4, -0.2) is 36.3 Å². The fourth-order valence-corrected chi connectivity index (χ4v) is 1.90. The number of likely N-dealkylation sites (N-methyl/N-ethyl adjacent to an activating group) is 1. The number of nitrogens with zero attached hydrogens (tertiary/aromatic N) is 1. The van der Waals surface area contributed by atoms with E-state index in [0.29, 0.717) is 19.6 Å². The van der Waals surface area contributed by atoms with Gasteiger partial charge in [0.25, 0.3) is 0 Å². The van der Waals surface area contributed by atoms with Crippen LogP contribution in [0.25, 0.3) is 0 Å². The van der Waals surface area contributed by atoms with Gasteiger partial charge in [-0.05, 0) is 25.0 Å². The summed E-state index contributed by atoms with van der Waals surface area (Å²) >= 11 is 0. The maximum absolute atomic E-state index is 11.8. The predicted molar refractivity (Wildman–Crippen MR) is 79.0 cm³/mol. The number of rotatable bonds is 7. The summed E-state index contributed by atoms with van der Waals surface area (Å²) in [7, 11) is 0. The molecule has 1 aromatic rings. The largest absolute Gasteiger partial charge is 0.347 e. The van der Waals surface area contributed by atoms with Crippen molar-refractivity contribution in [3.05, 3.63) is 35.4 Å². The molecule has 0 fully saturated rings. The lowest BCUT2D eigenvalue weighted by molar-refractivity contribution is -0.132. The average Bonchev–Trinajstić information content (AvgIpc) is 2.47. The van der Waals surface area contributed by atoms with Crippen molar-refractivity contribution in [2.45, 2.75) is 26.8 Å². The number of hydrogen-bond acceptors (Lipinski definition) is 3. The highest BCUT2D eigenvalue weighted by atomic mass is 16.2. The quantitative estimate of drug-likeness (QED) is 0.769. The van der Waals surface area contributed by atoms with Gasteiger partial charge in [0.05, 0.1) is 13.0 Å². The molecular weight excluding hydrogens is 254 g/mol. The molecule has 3 N–H and O–H groups in total. The van der Waals surface area contributed by atoms with E-state index in [0.717, 1.165) is 11.1 Å². The van der Waals surface area contributed by atoms with Crippen LogP contribution in [0.3, 0.4) is 0 Å². The first-order valence-corrected chi connectivity index (χ1v) is 6.93. The van der Waals surface area contributed by atoms with E-state index in [2.05, 4.69) is 5.32 Å². The van der Waals surface area contributed by atoms with E-state index in [1.54, 1.807) is 4.90 Å². The normalized spacial score (nSPS) is 10.2. The van der Waals surface area contributed by atoms with E-state index in [-0.39, 0.29) is 24.8 Å². The average molecular weight is 277 g/mol. The molecule has 0 heterocycles. The molecule has 5 nitrogen and oxygen atoms in total. The molecule has 20 heavy (non-hydrogen) atoms. The summed E-state index contributed by atoms with van der Waals surface area (Å²) < 4.78 is 0. The lowest BCUT2D eigenvalue weighted by atomic mass is 10.1. The number of carbonyl (C=O) groups excluding carboxylic acids is 2. The first kappa shape index (κ1) is 16.2. The molecule has 1 aromatic carbocycles. The van der Waals surface area contributed by atoms with Crippen molar-refractivity contribution in [2.24, 2.45) is 5.73 Å². The van der Waals surface area contributed by atoms with Crippen molar-refractivity contribution < 1.29 is 9.59 Å². The van der Waals surface area contributed by atoms with Gasteiger partial charge in [0.1, 0.15) is 0 Å². The van der Waals surface area contributed by atoms with Gasteiger partial charge < -0.3 is 16.0 Å². The summed E-state index contributed by atoms with van der Waals surface area (Å²) in [6.07, 6.45) is 0.274. The molecule has 5 heteroatoms. The van der Waals surface area contributed by atoms with Gasteiger partial charge >= 0.3 is 0 Å². The van der Waals surface area contributed by atoms with Crippen LogP contribution in [0.1, 0.15) is 25.0 Å². The predicted octanol–water partition coefficient (Wildman–Crippen LogP) is 0.672.